The Morgan fingerprint density at radius 1 is 1.09 bits per heavy atom. The lowest BCUT2D eigenvalue weighted by Crippen LogP contribution is -2.60. The molecule has 5 amide bonds. The summed E-state index contributed by atoms with van der Waals surface area (Å²) in [4.78, 5) is 84.3. The van der Waals surface area contributed by atoms with Crippen LogP contribution in [0.25, 0.3) is 0 Å². The Bertz CT molecular complexity index is 1230. The number of rotatable bonds is 15. The molecular weight excluding hydrogens is 576 g/mol. The maximum absolute atomic E-state index is 14.0. The van der Waals surface area contributed by atoms with E-state index in [1.165, 1.54) is 17.2 Å². The Hall–Kier alpha value is -4.09. The molecule has 5 atom stereocenters. The molecule has 2 heterocycles. The minimum atomic E-state index is -1.04. The lowest BCUT2D eigenvalue weighted by Gasteiger charge is -2.36. The van der Waals surface area contributed by atoms with Gasteiger partial charge in [0.25, 0.3) is 5.91 Å². The van der Waals surface area contributed by atoms with Crippen LogP contribution in [0.5, 0.6) is 0 Å². The largest absolute Gasteiger partial charge is 0.346 e. The Morgan fingerprint density at radius 3 is 2.33 bits per heavy atom. The number of pyridine rings is 1. The molecule has 1 unspecified atom stereocenters. The molecule has 1 aliphatic heterocycles. The van der Waals surface area contributed by atoms with Gasteiger partial charge in [-0.15, -0.1) is 6.58 Å². The van der Waals surface area contributed by atoms with E-state index in [1.807, 2.05) is 48.5 Å². The summed E-state index contributed by atoms with van der Waals surface area (Å²) in [6, 6.07) is 1.01. The molecule has 1 saturated heterocycles. The predicted molar refractivity (Wildman–Crippen MR) is 171 cm³/mol. The quantitative estimate of drug-likeness (QED) is 0.132. The number of aromatic nitrogens is 1. The summed E-state index contributed by atoms with van der Waals surface area (Å²) < 4.78 is 0. The molecule has 1 aromatic rings. The lowest BCUT2D eigenvalue weighted by atomic mass is 9.85. The van der Waals surface area contributed by atoms with Crippen LogP contribution in [0.2, 0.25) is 0 Å². The van der Waals surface area contributed by atoms with Crippen molar-refractivity contribution < 1.29 is 28.8 Å². The third-order valence-electron chi connectivity index (χ3n) is 7.80. The molecule has 4 N–H and O–H groups in total. The Balaban J connectivity index is 2.20. The summed E-state index contributed by atoms with van der Waals surface area (Å²) in [7, 11) is 0. The van der Waals surface area contributed by atoms with Crippen molar-refractivity contribution in [1.82, 2.24) is 31.2 Å². The average molecular weight is 627 g/mol. The highest BCUT2D eigenvalue weighted by Crippen LogP contribution is 2.28. The maximum Gasteiger partial charge on any atom is 0.315 e. The highest BCUT2D eigenvalue weighted by atomic mass is 16.2. The van der Waals surface area contributed by atoms with Crippen molar-refractivity contribution >= 4 is 35.3 Å². The molecule has 2 rings (SSSR count). The summed E-state index contributed by atoms with van der Waals surface area (Å²) in [5, 5.41) is 10.8. The third-order valence-corrected chi connectivity index (χ3v) is 7.80. The molecular formula is C33H50N6O6. The molecule has 0 radical (unpaired) electrons. The standard InChI is InChI=1S/C33H50N6O6/c1-9-13-23(27(41)30(43)35-15-10-2)36-29(42)25-17-21(5)19-39(25)31(44)28(33(6,7)8)38-32(45)37-24(20(3)4)18-26(40)22-14-11-12-16-34-22/h10-12,14,16,20-21,23-25,28H,2,9,13,15,17-19H2,1,3-8H3,(H,35,43)(H,36,42)(H2,37,38,45)/t21-,23?,24-,25+,28-/m1/s1. The number of nitrogens with zero attached hydrogens (tertiary/aromatic N) is 2. The van der Waals surface area contributed by atoms with Gasteiger partial charge in [-0.25, -0.2) is 4.79 Å². The van der Waals surface area contributed by atoms with Gasteiger partial charge in [0.1, 0.15) is 17.8 Å². The van der Waals surface area contributed by atoms with E-state index in [-0.39, 0.29) is 43.6 Å². The van der Waals surface area contributed by atoms with E-state index in [0.29, 0.717) is 18.5 Å². The Kier molecular flexibility index (Phi) is 13.9. The number of carbonyl (C=O) groups excluding carboxylic acids is 6. The van der Waals surface area contributed by atoms with Crippen molar-refractivity contribution in [3.8, 4) is 0 Å². The number of ketones is 2. The fourth-order valence-corrected chi connectivity index (χ4v) is 5.21. The Morgan fingerprint density at radius 2 is 1.78 bits per heavy atom. The van der Waals surface area contributed by atoms with Crippen LogP contribution in [0, 0.1) is 17.3 Å². The van der Waals surface area contributed by atoms with Crippen molar-refractivity contribution in [2.75, 3.05) is 13.1 Å². The van der Waals surface area contributed by atoms with Crippen molar-refractivity contribution in [2.24, 2.45) is 17.3 Å². The van der Waals surface area contributed by atoms with Gasteiger partial charge in [-0.1, -0.05) is 67.0 Å². The number of hydrogen-bond acceptors (Lipinski definition) is 7. The van der Waals surface area contributed by atoms with Crippen LogP contribution < -0.4 is 21.3 Å². The number of hydrogen-bond donors (Lipinski definition) is 4. The van der Waals surface area contributed by atoms with Crippen molar-refractivity contribution in [3.05, 3.63) is 42.7 Å². The molecule has 0 bridgehead atoms. The minimum absolute atomic E-state index is 0.0155. The van der Waals surface area contributed by atoms with E-state index in [2.05, 4.69) is 32.8 Å². The second-order valence-electron chi connectivity index (χ2n) is 13.2. The summed E-state index contributed by atoms with van der Waals surface area (Å²) in [5.41, 5.74) is -0.427. The molecule has 0 spiro atoms. The normalized spacial score (nSPS) is 18.4. The van der Waals surface area contributed by atoms with Crippen LogP contribution in [0.4, 0.5) is 4.79 Å². The van der Waals surface area contributed by atoms with Crippen LogP contribution in [0.3, 0.4) is 0 Å². The molecule has 1 aromatic heterocycles. The zero-order valence-electron chi connectivity index (χ0n) is 27.6. The monoisotopic (exact) mass is 626 g/mol. The van der Waals surface area contributed by atoms with E-state index in [4.69, 9.17) is 0 Å². The van der Waals surface area contributed by atoms with E-state index >= 15 is 0 Å². The summed E-state index contributed by atoms with van der Waals surface area (Å²) in [6.45, 7) is 16.9. The van der Waals surface area contributed by atoms with Gasteiger partial charge in [-0.3, -0.25) is 29.0 Å². The van der Waals surface area contributed by atoms with Crippen molar-refractivity contribution in [2.45, 2.75) is 98.3 Å². The molecule has 12 nitrogen and oxygen atoms in total. The fourth-order valence-electron chi connectivity index (χ4n) is 5.21. The van der Waals surface area contributed by atoms with Crippen LogP contribution in [-0.2, 0) is 19.2 Å². The molecule has 45 heavy (non-hydrogen) atoms. The van der Waals surface area contributed by atoms with Gasteiger partial charge in [0, 0.05) is 31.7 Å². The summed E-state index contributed by atoms with van der Waals surface area (Å²) in [5.74, 6) is -2.85. The molecule has 1 aliphatic rings. The van der Waals surface area contributed by atoms with E-state index < -0.39 is 59.1 Å². The van der Waals surface area contributed by atoms with Gasteiger partial charge in [-0.05, 0) is 42.2 Å². The first-order valence-corrected chi connectivity index (χ1v) is 15.7. The topological polar surface area (TPSA) is 167 Å². The van der Waals surface area contributed by atoms with Gasteiger partial charge in [-0.2, -0.15) is 0 Å². The van der Waals surface area contributed by atoms with Crippen molar-refractivity contribution in [3.63, 3.8) is 0 Å². The number of amides is 5. The average Bonchev–Trinajstić information content (AvgIpc) is 3.38. The van der Waals surface area contributed by atoms with Crippen LogP contribution in [0.15, 0.2) is 37.1 Å². The van der Waals surface area contributed by atoms with Gasteiger partial charge in [0.2, 0.25) is 17.6 Å². The SMILES string of the molecule is C=CCNC(=O)C(=O)C(CCC)NC(=O)[C@@H]1C[C@@H](C)CN1C(=O)[C@@H](NC(=O)N[C@H](CC(=O)c1ccccn1)C(C)C)C(C)(C)C. The first-order chi connectivity index (χ1) is 21.1. The molecule has 12 heteroatoms. The Labute approximate surface area is 266 Å². The van der Waals surface area contributed by atoms with Crippen LogP contribution >= 0.6 is 0 Å². The van der Waals surface area contributed by atoms with E-state index in [0.717, 1.165) is 0 Å². The van der Waals surface area contributed by atoms with Crippen molar-refractivity contribution in [1.29, 1.82) is 0 Å². The smallest absolute Gasteiger partial charge is 0.315 e. The van der Waals surface area contributed by atoms with Gasteiger partial charge >= 0.3 is 6.03 Å². The lowest BCUT2D eigenvalue weighted by molar-refractivity contribution is -0.143. The number of likely N-dealkylation sites (tertiary alicyclic amines) is 1. The minimum Gasteiger partial charge on any atom is -0.346 e. The highest BCUT2D eigenvalue weighted by molar-refractivity contribution is 6.38. The second-order valence-corrected chi connectivity index (χ2v) is 13.2. The number of urea groups is 1. The van der Waals surface area contributed by atoms with Gasteiger partial charge in [0.05, 0.1) is 6.04 Å². The molecule has 0 saturated carbocycles. The number of nitrogens with one attached hydrogen (secondary N) is 4. The summed E-state index contributed by atoms with van der Waals surface area (Å²) >= 11 is 0. The number of Topliss-reactive ketones (excluding diaryl/α,β-unsaturated/α-hetero) is 2. The predicted octanol–water partition coefficient (Wildman–Crippen LogP) is 2.79. The molecule has 0 aliphatic carbocycles. The molecule has 0 aromatic carbocycles. The van der Waals surface area contributed by atoms with Crippen LogP contribution in [0.1, 0.15) is 84.6 Å². The fraction of sp³-hybridized carbons (Fsp3) is 0.606. The first-order valence-electron chi connectivity index (χ1n) is 15.7. The zero-order valence-corrected chi connectivity index (χ0v) is 27.6. The third kappa shape index (κ3) is 10.8. The van der Waals surface area contributed by atoms with E-state index in [9.17, 15) is 28.8 Å². The van der Waals surface area contributed by atoms with E-state index in [1.54, 1.807) is 18.2 Å². The molecule has 1 fully saturated rings. The van der Waals surface area contributed by atoms with Crippen LogP contribution in [-0.4, -0.2) is 82.5 Å². The van der Waals surface area contributed by atoms with Gasteiger partial charge in [0.15, 0.2) is 5.78 Å². The second kappa shape index (κ2) is 16.8. The zero-order chi connectivity index (χ0) is 33.9. The molecule has 248 valence electrons. The van der Waals surface area contributed by atoms with Gasteiger partial charge < -0.3 is 26.2 Å². The maximum atomic E-state index is 14.0. The first kappa shape index (κ1) is 37.1. The highest BCUT2D eigenvalue weighted by Gasteiger charge is 2.44. The number of carbonyl (C=O) groups is 6. The summed E-state index contributed by atoms with van der Waals surface area (Å²) in [6.07, 6.45) is 4.19.